The van der Waals surface area contributed by atoms with Crippen molar-refractivity contribution in [1.29, 1.82) is 0 Å². The van der Waals surface area contributed by atoms with Crippen LogP contribution in [0.3, 0.4) is 0 Å². The molecule has 0 radical (unpaired) electrons. The van der Waals surface area contributed by atoms with Gasteiger partial charge >= 0.3 is 5.97 Å². The van der Waals surface area contributed by atoms with Gasteiger partial charge in [0, 0.05) is 53.8 Å². The van der Waals surface area contributed by atoms with Crippen molar-refractivity contribution < 1.29 is 13.9 Å². The number of hydrogen-bond acceptors (Lipinski definition) is 6. The number of ether oxygens (including phenoxy) is 1. The molecule has 0 amide bonds. The zero-order valence-electron chi connectivity index (χ0n) is 28.4. The largest absolute Gasteiger partial charge is 0.469 e. The maximum absolute atomic E-state index is 10.7. The molecule has 240 valence electrons. The zero-order chi connectivity index (χ0) is 32.5. The zero-order valence-corrected chi connectivity index (χ0v) is 28.4. The lowest BCUT2D eigenvalue weighted by Gasteiger charge is -2.22. The molecular weight excluding hydrogens is 548 g/mol. The molecule has 7 nitrogen and oxygen atoms in total. The third-order valence-corrected chi connectivity index (χ3v) is 7.99. The summed E-state index contributed by atoms with van der Waals surface area (Å²) in [6.07, 6.45) is 1.43. The number of esters is 1. The standard InChI is InChI=1S/C27H31N2O.C9H19NO2.CH5N/c1-5-28(6-2)21-14-16-23-25(18-21)30-26-19-22(29(7-3)8-4)15-17-24(26)27(23)20-12-10-9-11-13-20;1-4-10(5-2)8-6-7-9(11)12-3;1-2/h9-19H,5-8H2,1-4H3;4-8H2,1-3H3;2H2,1H3/q+1;;. The first-order valence-electron chi connectivity index (χ1n) is 16.2. The van der Waals surface area contributed by atoms with Gasteiger partial charge in [-0.05, 0) is 84.6 Å². The van der Waals surface area contributed by atoms with Gasteiger partial charge < -0.3 is 24.7 Å². The third kappa shape index (κ3) is 9.66. The predicted octanol–water partition coefficient (Wildman–Crippen LogP) is 6.72. The van der Waals surface area contributed by atoms with Gasteiger partial charge in [0.1, 0.15) is 24.4 Å². The van der Waals surface area contributed by atoms with Crippen LogP contribution in [0.2, 0.25) is 0 Å². The smallest absolute Gasteiger partial charge is 0.305 e. The molecule has 2 aliphatic rings. The average molecular weight is 604 g/mol. The van der Waals surface area contributed by atoms with Gasteiger partial charge in [-0.15, -0.1) is 0 Å². The monoisotopic (exact) mass is 603 g/mol. The first kappa shape index (κ1) is 36.5. The highest BCUT2D eigenvalue weighted by atomic mass is 16.5. The van der Waals surface area contributed by atoms with Crippen molar-refractivity contribution in [1.82, 2.24) is 9.48 Å². The van der Waals surface area contributed by atoms with E-state index in [0.29, 0.717) is 6.42 Å². The van der Waals surface area contributed by atoms with Crippen LogP contribution in [0.1, 0.15) is 54.4 Å². The number of nitrogens with two attached hydrogens (primary N) is 1. The lowest BCUT2D eigenvalue weighted by Crippen LogP contribution is -2.29. The lowest BCUT2D eigenvalue weighted by molar-refractivity contribution is -0.140. The summed E-state index contributed by atoms with van der Waals surface area (Å²) >= 11 is 0. The van der Waals surface area contributed by atoms with E-state index in [-0.39, 0.29) is 5.97 Å². The average Bonchev–Trinajstić information content (AvgIpc) is 3.08. The summed E-state index contributed by atoms with van der Waals surface area (Å²) in [5, 5.41) is 2.36. The molecule has 0 bridgehead atoms. The van der Waals surface area contributed by atoms with Crippen LogP contribution in [0, 0.1) is 0 Å². The number of methoxy groups -OCH3 is 1. The number of carbonyl (C=O) groups excluding carboxylic acids is 1. The molecule has 1 heterocycles. The maximum Gasteiger partial charge on any atom is 0.305 e. The summed E-state index contributed by atoms with van der Waals surface area (Å²) in [5.41, 5.74) is 10.2. The molecule has 2 aromatic carbocycles. The normalized spacial score (nSPS) is 10.6. The van der Waals surface area contributed by atoms with E-state index in [0.717, 1.165) is 74.5 Å². The molecular formula is C37H55N4O3+. The number of hydrogen-bond donors (Lipinski definition) is 1. The predicted molar refractivity (Wildman–Crippen MR) is 187 cm³/mol. The lowest BCUT2D eigenvalue weighted by atomic mass is 9.93. The van der Waals surface area contributed by atoms with E-state index in [1.54, 1.807) is 0 Å². The van der Waals surface area contributed by atoms with E-state index in [4.69, 9.17) is 4.42 Å². The molecule has 0 unspecified atom stereocenters. The van der Waals surface area contributed by atoms with Crippen molar-refractivity contribution in [2.75, 3.05) is 64.9 Å². The van der Waals surface area contributed by atoms with E-state index in [9.17, 15) is 4.79 Å². The summed E-state index contributed by atoms with van der Waals surface area (Å²) in [4.78, 5) is 15.4. The van der Waals surface area contributed by atoms with Gasteiger partial charge in [-0.2, -0.15) is 0 Å². The molecule has 2 N–H and O–H groups in total. The highest BCUT2D eigenvalue weighted by Crippen LogP contribution is 2.40. The Hall–Kier alpha value is -3.68. The molecule has 4 rings (SSSR count). The third-order valence-electron chi connectivity index (χ3n) is 7.99. The number of fused-ring (bicyclic) bond motifs is 2. The number of nitrogens with zero attached hydrogens (tertiary/aromatic N) is 3. The molecule has 0 spiro atoms. The van der Waals surface area contributed by atoms with E-state index < -0.39 is 0 Å². The molecule has 0 saturated carbocycles. The van der Waals surface area contributed by atoms with Gasteiger partial charge in [-0.1, -0.05) is 44.2 Å². The van der Waals surface area contributed by atoms with Crippen LogP contribution >= 0.6 is 0 Å². The van der Waals surface area contributed by atoms with Crippen LogP contribution in [-0.2, 0) is 9.53 Å². The highest BCUT2D eigenvalue weighted by Gasteiger charge is 2.19. The van der Waals surface area contributed by atoms with E-state index >= 15 is 0 Å². The molecule has 0 fully saturated rings. The molecule has 0 atom stereocenters. The van der Waals surface area contributed by atoms with Crippen molar-refractivity contribution in [3.8, 4) is 22.5 Å². The van der Waals surface area contributed by atoms with Crippen LogP contribution in [0.5, 0.6) is 0 Å². The molecule has 1 aliphatic heterocycles. The summed E-state index contributed by atoms with van der Waals surface area (Å²) in [7, 11) is 2.93. The first-order chi connectivity index (χ1) is 21.4. The van der Waals surface area contributed by atoms with E-state index in [1.165, 1.54) is 36.3 Å². The van der Waals surface area contributed by atoms with Crippen molar-refractivity contribution in [2.24, 2.45) is 5.73 Å². The second-order valence-electron chi connectivity index (χ2n) is 10.3. The summed E-state index contributed by atoms with van der Waals surface area (Å²) in [6, 6.07) is 23.9. The molecule has 44 heavy (non-hydrogen) atoms. The van der Waals surface area contributed by atoms with Gasteiger partial charge in [0.15, 0.2) is 0 Å². The van der Waals surface area contributed by atoms with Gasteiger partial charge in [0.25, 0.3) is 0 Å². The van der Waals surface area contributed by atoms with Gasteiger partial charge in [-0.25, -0.2) is 4.58 Å². The van der Waals surface area contributed by atoms with Gasteiger partial charge in [0.05, 0.1) is 13.2 Å². The second-order valence-corrected chi connectivity index (χ2v) is 10.3. The molecule has 1 aliphatic carbocycles. The van der Waals surface area contributed by atoms with Crippen molar-refractivity contribution in [3.63, 3.8) is 0 Å². The van der Waals surface area contributed by atoms with Gasteiger partial charge in [-0.3, -0.25) is 4.79 Å². The molecule has 2 aromatic rings. The Labute approximate surface area is 265 Å². The summed E-state index contributed by atoms with van der Waals surface area (Å²) in [5.74, 6) is 0.824. The molecule has 0 aromatic heterocycles. The number of carbonyl (C=O) groups is 1. The van der Waals surface area contributed by atoms with Crippen molar-refractivity contribution in [2.45, 2.75) is 54.4 Å². The Balaban J connectivity index is 0.000000409. The Morgan fingerprint density at radius 1 is 0.841 bits per heavy atom. The quantitative estimate of drug-likeness (QED) is 0.110. The fourth-order valence-electron chi connectivity index (χ4n) is 5.44. The maximum atomic E-state index is 10.7. The van der Waals surface area contributed by atoms with Crippen molar-refractivity contribution in [3.05, 3.63) is 72.1 Å². The SMILES string of the molecule is CCN(CC)CCCC(=O)OC.CCN(CC)c1ccc2c(-c3ccccc3)c3ccc(=[N+](CC)CC)cc-3oc2c1.CN. The Bertz CT molecular complexity index is 1430. The summed E-state index contributed by atoms with van der Waals surface area (Å²) in [6.45, 7) is 20.0. The molecule has 0 saturated heterocycles. The topological polar surface area (TPSA) is 75.0 Å². The second kappa shape index (κ2) is 19.6. The number of benzene rings is 3. The number of rotatable bonds is 12. The minimum atomic E-state index is -0.109. The van der Waals surface area contributed by atoms with Crippen LogP contribution in [0.25, 0.3) is 33.4 Å². The van der Waals surface area contributed by atoms with Gasteiger partial charge in [0.2, 0.25) is 5.36 Å². The van der Waals surface area contributed by atoms with E-state index in [1.807, 2.05) is 0 Å². The van der Waals surface area contributed by atoms with E-state index in [2.05, 4.69) is 133 Å². The highest BCUT2D eigenvalue weighted by molar-refractivity contribution is 6.02. The first-order valence-corrected chi connectivity index (χ1v) is 16.2. The van der Waals surface area contributed by atoms with Crippen LogP contribution in [0.15, 0.2) is 71.1 Å². The van der Waals surface area contributed by atoms with Crippen molar-refractivity contribution >= 4 is 22.6 Å². The fourth-order valence-corrected chi connectivity index (χ4v) is 5.44. The Morgan fingerprint density at radius 3 is 2.07 bits per heavy atom. The molecule has 7 heteroatoms. The van der Waals surface area contributed by atoms with Crippen LogP contribution in [-0.4, -0.2) is 70.8 Å². The number of anilines is 1. The van der Waals surface area contributed by atoms with Crippen LogP contribution in [0.4, 0.5) is 5.69 Å². The Morgan fingerprint density at radius 2 is 1.50 bits per heavy atom. The minimum absolute atomic E-state index is 0.109. The van der Waals surface area contributed by atoms with Crippen LogP contribution < -0.4 is 20.6 Å². The Kier molecular flexibility index (Phi) is 16.2. The minimum Gasteiger partial charge on any atom is -0.469 e. The summed E-state index contributed by atoms with van der Waals surface area (Å²) < 4.78 is 13.4. The fraction of sp³-hybridized carbons (Fsp3) is 0.459.